The number of sulfone groups is 1. The summed E-state index contributed by atoms with van der Waals surface area (Å²) >= 11 is 3.12. The van der Waals surface area contributed by atoms with Crippen LogP contribution in [0, 0.1) is 0 Å². The third-order valence-electron chi connectivity index (χ3n) is 2.48. The Balaban J connectivity index is 2.27. The van der Waals surface area contributed by atoms with E-state index in [0.29, 0.717) is 10.2 Å². The first-order valence-electron chi connectivity index (χ1n) is 5.18. The van der Waals surface area contributed by atoms with Gasteiger partial charge >= 0.3 is 0 Å². The van der Waals surface area contributed by atoms with Gasteiger partial charge < -0.3 is 5.73 Å². The quantitative estimate of drug-likeness (QED) is 0.762. The Morgan fingerprint density at radius 2 is 2.05 bits per heavy atom. The summed E-state index contributed by atoms with van der Waals surface area (Å²) in [6.45, 7) is 0. The van der Waals surface area contributed by atoms with Crippen molar-refractivity contribution in [1.82, 2.24) is 4.72 Å². The third kappa shape index (κ3) is 3.35. The van der Waals surface area contributed by atoms with E-state index in [4.69, 9.17) is 5.73 Å². The van der Waals surface area contributed by atoms with Crippen molar-refractivity contribution in [3.05, 3.63) is 34.2 Å². The number of hydrogen-bond donors (Lipinski definition) is 2. The predicted octanol–water partition coefficient (Wildman–Crippen LogP) is 0.620. The molecule has 19 heavy (non-hydrogen) atoms. The minimum atomic E-state index is -3.81. The largest absolute Gasteiger partial charge is 0.399 e. The lowest BCUT2D eigenvalue weighted by atomic mass is 10.3. The van der Waals surface area contributed by atoms with Crippen molar-refractivity contribution in [3.8, 4) is 0 Å². The lowest BCUT2D eigenvalue weighted by molar-refractivity contribution is 0.574. The monoisotopic (exact) mass is 366 g/mol. The standard InChI is InChI=1S/C10H11BrN2O4S2/c11-9-5-7(12)1-2-10(9)19(16,17)13-8-3-4-18(14,15)6-8/h1-5,8,13H,6,12H2. The molecule has 2 rings (SSSR count). The summed E-state index contributed by atoms with van der Waals surface area (Å²) < 4.78 is 49.3. The zero-order valence-electron chi connectivity index (χ0n) is 9.58. The maximum absolute atomic E-state index is 12.1. The molecule has 1 unspecified atom stereocenters. The van der Waals surface area contributed by atoms with Gasteiger partial charge in [-0.3, -0.25) is 0 Å². The van der Waals surface area contributed by atoms with Crippen LogP contribution in [0.25, 0.3) is 0 Å². The van der Waals surface area contributed by atoms with Crippen LogP contribution in [-0.4, -0.2) is 28.6 Å². The summed E-state index contributed by atoms with van der Waals surface area (Å²) in [6, 6.07) is 3.53. The van der Waals surface area contributed by atoms with Crippen molar-refractivity contribution >= 4 is 41.5 Å². The van der Waals surface area contributed by atoms with E-state index in [1.807, 2.05) is 0 Å². The van der Waals surface area contributed by atoms with Gasteiger partial charge in [0.05, 0.1) is 16.7 Å². The fourth-order valence-corrected chi connectivity index (χ4v) is 5.27. The Morgan fingerprint density at radius 3 is 2.58 bits per heavy atom. The number of nitrogens with two attached hydrogens (primary N) is 1. The first kappa shape index (κ1) is 14.5. The van der Waals surface area contributed by atoms with Gasteiger partial charge in [-0.25, -0.2) is 21.6 Å². The smallest absolute Gasteiger partial charge is 0.242 e. The van der Waals surface area contributed by atoms with Crippen LogP contribution < -0.4 is 10.5 Å². The molecule has 0 aromatic heterocycles. The highest BCUT2D eigenvalue weighted by molar-refractivity contribution is 9.10. The molecule has 104 valence electrons. The molecule has 0 saturated heterocycles. The molecule has 0 fully saturated rings. The van der Waals surface area contributed by atoms with Crippen LogP contribution in [0.1, 0.15) is 0 Å². The summed E-state index contributed by atoms with van der Waals surface area (Å²) in [5.41, 5.74) is 5.96. The Bertz CT molecular complexity index is 741. The molecule has 1 aromatic carbocycles. The Labute approximate surface area is 119 Å². The van der Waals surface area contributed by atoms with E-state index in [1.54, 1.807) is 0 Å². The number of benzene rings is 1. The molecule has 0 aliphatic carbocycles. The molecule has 0 bridgehead atoms. The van der Waals surface area contributed by atoms with Crippen molar-refractivity contribution in [3.63, 3.8) is 0 Å². The average Bonchev–Trinajstić information content (AvgIpc) is 2.56. The summed E-state index contributed by atoms with van der Waals surface area (Å²) in [5.74, 6) is -0.265. The first-order valence-corrected chi connectivity index (χ1v) is 9.17. The molecule has 1 atom stereocenters. The van der Waals surface area contributed by atoms with Crippen LogP contribution in [0.3, 0.4) is 0 Å². The molecular weight excluding hydrogens is 356 g/mol. The van der Waals surface area contributed by atoms with E-state index in [9.17, 15) is 16.8 Å². The second kappa shape index (κ2) is 4.89. The topological polar surface area (TPSA) is 106 Å². The van der Waals surface area contributed by atoms with Crippen LogP contribution in [0.5, 0.6) is 0 Å². The van der Waals surface area contributed by atoms with Gasteiger partial charge in [0.15, 0.2) is 9.84 Å². The van der Waals surface area contributed by atoms with Gasteiger partial charge in [-0.2, -0.15) is 0 Å². The molecule has 1 aromatic rings. The van der Waals surface area contributed by atoms with E-state index < -0.39 is 25.9 Å². The molecule has 0 amide bonds. The fourth-order valence-electron chi connectivity index (χ4n) is 1.65. The normalized spacial score (nSPS) is 21.6. The lowest BCUT2D eigenvalue weighted by Gasteiger charge is -2.12. The third-order valence-corrected chi connectivity index (χ3v) is 6.34. The lowest BCUT2D eigenvalue weighted by Crippen LogP contribution is -2.35. The van der Waals surface area contributed by atoms with E-state index in [-0.39, 0.29) is 10.6 Å². The Hall–Kier alpha value is -0.900. The molecule has 0 spiro atoms. The second-order valence-electron chi connectivity index (χ2n) is 4.08. The van der Waals surface area contributed by atoms with Crippen LogP contribution in [-0.2, 0) is 19.9 Å². The Kier molecular flexibility index (Phi) is 3.74. The molecule has 1 aliphatic rings. The van der Waals surface area contributed by atoms with Crippen LogP contribution in [0.15, 0.2) is 39.1 Å². The van der Waals surface area contributed by atoms with Crippen molar-refractivity contribution < 1.29 is 16.8 Å². The molecule has 0 saturated carbocycles. The SMILES string of the molecule is Nc1ccc(S(=O)(=O)NC2C=CS(=O)(=O)C2)c(Br)c1. The highest BCUT2D eigenvalue weighted by Crippen LogP contribution is 2.24. The van der Waals surface area contributed by atoms with E-state index in [1.165, 1.54) is 24.3 Å². The summed E-state index contributed by atoms with van der Waals surface area (Å²) in [7, 11) is -7.12. The zero-order chi connectivity index (χ0) is 14.3. The molecule has 9 heteroatoms. The number of rotatable bonds is 3. The summed E-state index contributed by atoms with van der Waals surface area (Å²) in [6.07, 6.45) is 1.32. The maximum atomic E-state index is 12.1. The number of nitrogen functional groups attached to an aromatic ring is 1. The molecule has 1 heterocycles. The molecule has 0 radical (unpaired) electrons. The molecule has 3 N–H and O–H groups in total. The van der Waals surface area contributed by atoms with E-state index in [0.717, 1.165) is 5.41 Å². The minimum Gasteiger partial charge on any atom is -0.399 e. The number of nitrogens with one attached hydrogen (secondary N) is 1. The van der Waals surface area contributed by atoms with Crippen LogP contribution >= 0.6 is 15.9 Å². The number of halogens is 1. The number of anilines is 1. The molecule has 1 aliphatic heterocycles. The molecular formula is C10H11BrN2O4S2. The van der Waals surface area contributed by atoms with Gasteiger partial charge in [0, 0.05) is 15.6 Å². The van der Waals surface area contributed by atoms with Crippen molar-refractivity contribution in [1.29, 1.82) is 0 Å². The van der Waals surface area contributed by atoms with Crippen molar-refractivity contribution in [2.24, 2.45) is 0 Å². The highest BCUT2D eigenvalue weighted by Gasteiger charge is 2.27. The second-order valence-corrected chi connectivity index (χ2v) is 8.54. The minimum absolute atomic E-state index is 0.0133. The van der Waals surface area contributed by atoms with Gasteiger partial charge in [0.2, 0.25) is 10.0 Å². The van der Waals surface area contributed by atoms with E-state index in [2.05, 4.69) is 20.7 Å². The number of hydrogen-bond acceptors (Lipinski definition) is 5. The molecule has 6 nitrogen and oxygen atoms in total. The van der Waals surface area contributed by atoms with Crippen molar-refractivity contribution in [2.75, 3.05) is 11.5 Å². The predicted molar refractivity (Wildman–Crippen MR) is 75.6 cm³/mol. The average molecular weight is 367 g/mol. The van der Waals surface area contributed by atoms with Gasteiger partial charge in [0.25, 0.3) is 0 Å². The Morgan fingerprint density at radius 1 is 1.37 bits per heavy atom. The maximum Gasteiger partial charge on any atom is 0.242 e. The zero-order valence-corrected chi connectivity index (χ0v) is 12.8. The van der Waals surface area contributed by atoms with Crippen LogP contribution in [0.2, 0.25) is 0 Å². The van der Waals surface area contributed by atoms with Gasteiger partial charge in [-0.15, -0.1) is 0 Å². The highest BCUT2D eigenvalue weighted by atomic mass is 79.9. The van der Waals surface area contributed by atoms with Gasteiger partial charge in [-0.1, -0.05) is 6.08 Å². The van der Waals surface area contributed by atoms with E-state index >= 15 is 0 Å². The van der Waals surface area contributed by atoms with Crippen molar-refractivity contribution in [2.45, 2.75) is 10.9 Å². The summed E-state index contributed by atoms with van der Waals surface area (Å²) in [4.78, 5) is 0.0133. The van der Waals surface area contributed by atoms with Gasteiger partial charge in [-0.05, 0) is 34.1 Å². The van der Waals surface area contributed by atoms with Gasteiger partial charge in [0.1, 0.15) is 0 Å². The van der Waals surface area contributed by atoms with Crippen LogP contribution in [0.4, 0.5) is 5.69 Å². The summed E-state index contributed by atoms with van der Waals surface area (Å²) in [5, 5.41) is 1.01. The first-order chi connectivity index (χ1) is 8.70. The fraction of sp³-hybridized carbons (Fsp3) is 0.200. The number of sulfonamides is 1.